The summed E-state index contributed by atoms with van der Waals surface area (Å²) < 4.78 is 28.2. The predicted octanol–water partition coefficient (Wildman–Crippen LogP) is -1.39. The highest BCUT2D eigenvalue weighted by Gasteiger charge is 2.51. The number of fused-ring (bicyclic) bond motifs is 1. The minimum absolute atomic E-state index is 0.0706. The van der Waals surface area contributed by atoms with Crippen molar-refractivity contribution in [3.63, 3.8) is 0 Å². The predicted molar refractivity (Wildman–Crippen MR) is 139 cm³/mol. The SMILES string of the molecule is C[C@@H]1O[C@@H](O[C@H]2[C@H](Oc3cc(O)c4c(=O)c(O)c(-c5ccc(O)cc5)oc4c3)O[C@@H](CO)[C@@H](O)[C@H]2O)[C@@H](O)[C@@H](O)[C@H]1O. The third-order valence-corrected chi connectivity index (χ3v) is 7.23. The summed E-state index contributed by atoms with van der Waals surface area (Å²) in [5.74, 6) is -2.00. The zero-order valence-corrected chi connectivity index (χ0v) is 21.9. The Bertz CT molecular complexity index is 1470. The van der Waals surface area contributed by atoms with E-state index in [1.165, 1.54) is 37.3 Å². The van der Waals surface area contributed by atoms with Gasteiger partial charge in [0.05, 0.1) is 12.7 Å². The van der Waals surface area contributed by atoms with Crippen LogP contribution >= 0.6 is 0 Å². The van der Waals surface area contributed by atoms with E-state index in [-0.39, 0.29) is 33.8 Å². The number of aliphatic hydroxyl groups is 6. The molecule has 0 aliphatic carbocycles. The topological polar surface area (TPSA) is 249 Å². The third kappa shape index (κ3) is 5.37. The summed E-state index contributed by atoms with van der Waals surface area (Å²) in [5.41, 5.74) is -0.967. The number of phenolic OH excluding ortho intramolecular Hbond substituents is 2. The van der Waals surface area contributed by atoms with E-state index in [2.05, 4.69) is 0 Å². The molecule has 9 N–H and O–H groups in total. The van der Waals surface area contributed by atoms with E-state index >= 15 is 0 Å². The quantitative estimate of drug-likeness (QED) is 0.159. The molecule has 2 aliphatic rings. The highest BCUT2D eigenvalue weighted by molar-refractivity contribution is 5.88. The Morgan fingerprint density at radius 2 is 1.52 bits per heavy atom. The van der Waals surface area contributed by atoms with Crippen molar-refractivity contribution >= 4 is 11.0 Å². The molecule has 0 amide bonds. The molecule has 2 saturated heterocycles. The molecule has 10 atom stereocenters. The molecule has 15 nitrogen and oxygen atoms in total. The monoisotopic (exact) mass is 594 g/mol. The van der Waals surface area contributed by atoms with Gasteiger partial charge in [-0.3, -0.25) is 4.79 Å². The number of aromatic hydroxyl groups is 3. The Labute approximate surface area is 236 Å². The Hall–Kier alpha value is -3.51. The summed E-state index contributed by atoms with van der Waals surface area (Å²) in [6, 6.07) is 7.54. The van der Waals surface area contributed by atoms with E-state index in [4.69, 9.17) is 23.4 Å². The van der Waals surface area contributed by atoms with Crippen LogP contribution in [0.15, 0.2) is 45.6 Å². The summed E-state index contributed by atoms with van der Waals surface area (Å²) in [5, 5.41) is 91.7. The first-order valence-electron chi connectivity index (χ1n) is 12.9. The number of hydrogen-bond acceptors (Lipinski definition) is 15. The number of hydrogen-bond donors (Lipinski definition) is 9. The minimum atomic E-state index is -1.79. The number of rotatable bonds is 6. The van der Waals surface area contributed by atoms with Crippen molar-refractivity contribution in [2.24, 2.45) is 0 Å². The fourth-order valence-corrected chi connectivity index (χ4v) is 4.85. The van der Waals surface area contributed by atoms with Crippen LogP contribution in [0.2, 0.25) is 0 Å². The minimum Gasteiger partial charge on any atom is -0.508 e. The van der Waals surface area contributed by atoms with Gasteiger partial charge in [-0.05, 0) is 31.2 Å². The van der Waals surface area contributed by atoms with Crippen LogP contribution < -0.4 is 10.2 Å². The number of phenols is 2. The van der Waals surface area contributed by atoms with E-state index in [9.17, 15) is 50.8 Å². The molecular formula is C27H30O15. The smallest absolute Gasteiger partial charge is 0.238 e. The van der Waals surface area contributed by atoms with Gasteiger partial charge in [0.1, 0.15) is 64.8 Å². The second kappa shape index (κ2) is 11.6. The van der Waals surface area contributed by atoms with E-state index in [0.717, 1.165) is 6.07 Å². The zero-order valence-electron chi connectivity index (χ0n) is 21.9. The van der Waals surface area contributed by atoms with Crippen molar-refractivity contribution in [2.45, 2.75) is 68.3 Å². The molecule has 0 unspecified atom stereocenters. The van der Waals surface area contributed by atoms with Gasteiger partial charge in [-0.25, -0.2) is 0 Å². The summed E-state index contributed by atoms with van der Waals surface area (Å²) in [6.45, 7) is 0.660. The summed E-state index contributed by atoms with van der Waals surface area (Å²) >= 11 is 0. The van der Waals surface area contributed by atoms with Crippen LogP contribution in [0.3, 0.4) is 0 Å². The molecule has 2 fully saturated rings. The molecule has 0 bridgehead atoms. The van der Waals surface area contributed by atoms with Crippen molar-refractivity contribution in [2.75, 3.05) is 6.61 Å². The van der Waals surface area contributed by atoms with Crippen LogP contribution in [-0.4, -0.2) is 114 Å². The maximum Gasteiger partial charge on any atom is 0.238 e. The molecule has 0 saturated carbocycles. The van der Waals surface area contributed by atoms with Gasteiger partial charge >= 0.3 is 0 Å². The first-order valence-corrected chi connectivity index (χ1v) is 12.9. The molecule has 3 aromatic rings. The highest BCUT2D eigenvalue weighted by atomic mass is 16.8. The first-order chi connectivity index (χ1) is 19.9. The molecule has 2 aromatic carbocycles. The highest BCUT2D eigenvalue weighted by Crippen LogP contribution is 2.37. The molecule has 0 spiro atoms. The molecule has 2 aliphatic heterocycles. The van der Waals surface area contributed by atoms with Gasteiger partial charge in [-0.2, -0.15) is 0 Å². The van der Waals surface area contributed by atoms with Crippen LogP contribution in [0.25, 0.3) is 22.3 Å². The van der Waals surface area contributed by atoms with Crippen molar-refractivity contribution in [3.8, 4) is 34.3 Å². The lowest BCUT2D eigenvalue weighted by Gasteiger charge is -2.45. The molecule has 0 radical (unpaired) electrons. The summed E-state index contributed by atoms with van der Waals surface area (Å²) in [4.78, 5) is 12.9. The van der Waals surface area contributed by atoms with Gasteiger partial charge in [0.25, 0.3) is 0 Å². The first kappa shape index (κ1) is 30.0. The van der Waals surface area contributed by atoms with Crippen molar-refractivity contribution < 1.29 is 69.3 Å². The van der Waals surface area contributed by atoms with E-state index < -0.39 is 84.9 Å². The lowest BCUT2D eigenvalue weighted by molar-refractivity contribution is -0.354. The molecule has 1 aromatic heterocycles. The number of benzene rings is 2. The number of aliphatic hydroxyl groups excluding tert-OH is 6. The van der Waals surface area contributed by atoms with Gasteiger partial charge in [0.15, 0.2) is 18.2 Å². The molecule has 15 heteroatoms. The molecule has 3 heterocycles. The van der Waals surface area contributed by atoms with Crippen molar-refractivity contribution in [3.05, 3.63) is 46.6 Å². The fraction of sp³-hybridized carbons (Fsp3) is 0.444. The maximum atomic E-state index is 12.9. The maximum absolute atomic E-state index is 12.9. The fourth-order valence-electron chi connectivity index (χ4n) is 4.85. The zero-order chi connectivity index (χ0) is 30.5. The lowest BCUT2D eigenvalue weighted by atomic mass is 9.97. The summed E-state index contributed by atoms with van der Waals surface area (Å²) in [6.07, 6.45) is -15.6. The van der Waals surface area contributed by atoms with Crippen LogP contribution in [0.5, 0.6) is 23.0 Å². The van der Waals surface area contributed by atoms with Crippen LogP contribution in [0, 0.1) is 0 Å². The van der Waals surface area contributed by atoms with Crippen LogP contribution in [0.4, 0.5) is 0 Å². The second-order valence-electron chi connectivity index (χ2n) is 10.1. The summed E-state index contributed by atoms with van der Waals surface area (Å²) in [7, 11) is 0. The van der Waals surface area contributed by atoms with Gasteiger partial charge < -0.3 is 69.3 Å². The molecular weight excluding hydrogens is 564 g/mol. The van der Waals surface area contributed by atoms with Crippen LogP contribution in [-0.2, 0) is 14.2 Å². The Kier molecular flexibility index (Phi) is 8.30. The Balaban J connectivity index is 1.50. The van der Waals surface area contributed by atoms with E-state index in [1.807, 2.05) is 0 Å². The van der Waals surface area contributed by atoms with E-state index in [1.54, 1.807) is 0 Å². The van der Waals surface area contributed by atoms with Crippen molar-refractivity contribution in [1.82, 2.24) is 0 Å². The molecule has 42 heavy (non-hydrogen) atoms. The van der Waals surface area contributed by atoms with Gasteiger partial charge in [0, 0.05) is 17.7 Å². The number of ether oxygens (including phenoxy) is 4. The Morgan fingerprint density at radius 3 is 2.19 bits per heavy atom. The molecule has 5 rings (SSSR count). The third-order valence-electron chi connectivity index (χ3n) is 7.23. The second-order valence-corrected chi connectivity index (χ2v) is 10.1. The van der Waals surface area contributed by atoms with Gasteiger partial charge in [-0.1, -0.05) is 0 Å². The van der Waals surface area contributed by atoms with Crippen molar-refractivity contribution in [1.29, 1.82) is 0 Å². The Morgan fingerprint density at radius 1 is 0.833 bits per heavy atom. The lowest BCUT2D eigenvalue weighted by Crippen LogP contribution is -2.64. The standard InChI is InChI=1S/C27H30O15/c1-9-17(31)20(34)23(37)26(38-9)42-25-21(35)18(32)15(8-28)41-27(25)39-12-6-13(30)16-14(7-12)40-24(22(36)19(16)33)10-2-4-11(29)5-3-10/h2-7,9,15,17-18,20-21,23,25-32,34-37H,8H2,1H3/t9-,15-,17-,18+,20-,21+,23-,25+,26-,27+/m0/s1. The molecule has 228 valence electrons. The van der Waals surface area contributed by atoms with Gasteiger partial charge in [-0.15, -0.1) is 0 Å². The van der Waals surface area contributed by atoms with Gasteiger partial charge in [0.2, 0.25) is 17.5 Å². The average Bonchev–Trinajstić information content (AvgIpc) is 2.96. The van der Waals surface area contributed by atoms with Crippen LogP contribution in [0.1, 0.15) is 6.92 Å². The largest absolute Gasteiger partial charge is 0.508 e. The average molecular weight is 595 g/mol. The normalized spacial score (nSPS) is 33.5. The van der Waals surface area contributed by atoms with E-state index in [0.29, 0.717) is 0 Å².